The fourth-order valence-corrected chi connectivity index (χ4v) is 3.49. The van der Waals surface area contributed by atoms with E-state index < -0.39 is 0 Å². The van der Waals surface area contributed by atoms with E-state index in [0.717, 1.165) is 30.9 Å². The predicted molar refractivity (Wildman–Crippen MR) is 81.7 cm³/mol. The largest absolute Gasteiger partial charge is 0.373 e. The molecule has 1 heterocycles. The fraction of sp³-hybridized carbons (Fsp3) is 0.588. The highest BCUT2D eigenvalue weighted by Crippen LogP contribution is 2.31. The second kappa shape index (κ2) is 5.47. The maximum absolute atomic E-state index is 12.4. The van der Waals surface area contributed by atoms with Crippen molar-refractivity contribution in [2.75, 3.05) is 5.32 Å². The van der Waals surface area contributed by atoms with E-state index in [9.17, 15) is 4.79 Å². The Morgan fingerprint density at radius 3 is 2.75 bits per heavy atom. The summed E-state index contributed by atoms with van der Waals surface area (Å²) in [7, 11) is 0. The summed E-state index contributed by atoms with van der Waals surface area (Å²) in [6.07, 6.45) is 4.22. The van der Waals surface area contributed by atoms with E-state index in [-0.39, 0.29) is 11.9 Å². The molecule has 108 valence electrons. The Labute approximate surface area is 121 Å². The molecule has 1 aliphatic carbocycles. The number of anilines is 1. The average molecular weight is 272 g/mol. The molecule has 3 nitrogen and oxygen atoms in total. The van der Waals surface area contributed by atoms with E-state index in [2.05, 4.69) is 42.7 Å². The number of carbonyl (C=O) groups excluding carboxylic acids is 1. The Morgan fingerprint density at radius 1 is 1.20 bits per heavy atom. The van der Waals surface area contributed by atoms with Gasteiger partial charge in [0.2, 0.25) is 5.91 Å². The van der Waals surface area contributed by atoms with Crippen LogP contribution in [0.15, 0.2) is 24.3 Å². The molecule has 1 aliphatic heterocycles. The normalized spacial score (nSPS) is 32.3. The zero-order chi connectivity index (χ0) is 14.1. The molecule has 3 rings (SSSR count). The molecule has 1 aromatic rings. The van der Waals surface area contributed by atoms with Crippen LogP contribution in [0, 0.1) is 11.8 Å². The van der Waals surface area contributed by atoms with E-state index in [1.54, 1.807) is 0 Å². The van der Waals surface area contributed by atoms with Crippen LogP contribution in [0.3, 0.4) is 0 Å². The first kappa shape index (κ1) is 13.5. The number of benzene rings is 1. The molecule has 0 bridgehead atoms. The zero-order valence-electron chi connectivity index (χ0n) is 12.4. The smallest absolute Gasteiger partial charge is 0.242 e. The average Bonchev–Trinajstić information content (AvgIpc) is 2.78. The number of aryl methyl sites for hydroxylation is 1. The lowest BCUT2D eigenvalue weighted by atomic mass is 9.95. The Morgan fingerprint density at radius 2 is 2.00 bits per heavy atom. The second-order valence-corrected chi connectivity index (χ2v) is 6.42. The van der Waals surface area contributed by atoms with Gasteiger partial charge in [-0.1, -0.05) is 32.0 Å². The summed E-state index contributed by atoms with van der Waals surface area (Å²) in [5.41, 5.74) is 2.44. The summed E-state index contributed by atoms with van der Waals surface area (Å²) in [5.74, 6) is 1.49. The number of rotatable bonds is 2. The Bertz CT molecular complexity index is 500. The first-order valence-electron chi connectivity index (χ1n) is 7.80. The van der Waals surface area contributed by atoms with Crippen molar-refractivity contribution < 1.29 is 4.79 Å². The quantitative estimate of drug-likeness (QED) is 0.869. The van der Waals surface area contributed by atoms with Crippen molar-refractivity contribution in [3.63, 3.8) is 0 Å². The van der Waals surface area contributed by atoms with Gasteiger partial charge in [0.15, 0.2) is 0 Å². The summed E-state index contributed by atoms with van der Waals surface area (Å²) in [4.78, 5) is 12.4. The van der Waals surface area contributed by atoms with E-state index in [1.165, 1.54) is 12.0 Å². The number of amides is 1. The lowest BCUT2D eigenvalue weighted by Gasteiger charge is -2.28. The third-order valence-corrected chi connectivity index (χ3v) is 5.16. The van der Waals surface area contributed by atoms with E-state index in [0.29, 0.717) is 12.0 Å². The summed E-state index contributed by atoms with van der Waals surface area (Å²) in [6, 6.07) is 8.56. The van der Waals surface area contributed by atoms with E-state index in [1.807, 2.05) is 6.07 Å². The number of carbonyl (C=O) groups is 1. The van der Waals surface area contributed by atoms with Gasteiger partial charge in [0.05, 0.1) is 0 Å². The Hall–Kier alpha value is -1.51. The first-order valence-corrected chi connectivity index (χ1v) is 7.80. The van der Waals surface area contributed by atoms with Gasteiger partial charge in [0, 0.05) is 11.7 Å². The van der Waals surface area contributed by atoms with E-state index >= 15 is 0 Å². The molecule has 0 aromatic heterocycles. The lowest BCUT2D eigenvalue weighted by Crippen LogP contribution is -2.47. The summed E-state index contributed by atoms with van der Waals surface area (Å²) in [6.45, 7) is 4.54. The first-order chi connectivity index (χ1) is 9.65. The van der Waals surface area contributed by atoms with Crippen molar-refractivity contribution in [3.8, 4) is 0 Å². The van der Waals surface area contributed by atoms with Crippen LogP contribution in [0.5, 0.6) is 0 Å². The van der Waals surface area contributed by atoms with Crippen molar-refractivity contribution in [3.05, 3.63) is 29.8 Å². The van der Waals surface area contributed by atoms with Gasteiger partial charge in [-0.25, -0.2) is 0 Å². The summed E-state index contributed by atoms with van der Waals surface area (Å²) in [5, 5.41) is 6.64. The van der Waals surface area contributed by atoms with Crippen LogP contribution >= 0.6 is 0 Å². The Kier molecular flexibility index (Phi) is 3.68. The predicted octanol–water partition coefficient (Wildman–Crippen LogP) is 2.96. The number of hydrogen-bond acceptors (Lipinski definition) is 2. The van der Waals surface area contributed by atoms with Crippen LogP contribution in [-0.2, 0) is 11.2 Å². The molecule has 4 unspecified atom stereocenters. The maximum Gasteiger partial charge on any atom is 0.242 e. The van der Waals surface area contributed by atoms with Crippen molar-refractivity contribution >= 4 is 11.6 Å². The maximum atomic E-state index is 12.4. The summed E-state index contributed by atoms with van der Waals surface area (Å²) < 4.78 is 0. The molecule has 1 aromatic carbocycles. The number of para-hydroxylation sites is 1. The van der Waals surface area contributed by atoms with Gasteiger partial charge in [-0.05, 0) is 49.1 Å². The number of fused-ring (bicyclic) bond motifs is 1. The summed E-state index contributed by atoms with van der Waals surface area (Å²) >= 11 is 0. The molecule has 4 atom stereocenters. The highest BCUT2D eigenvalue weighted by atomic mass is 16.2. The van der Waals surface area contributed by atoms with Crippen molar-refractivity contribution in [2.24, 2.45) is 11.8 Å². The molecular formula is C17H24N2O. The molecular weight excluding hydrogens is 248 g/mol. The number of nitrogens with one attached hydrogen (secondary N) is 2. The fourth-order valence-electron chi connectivity index (χ4n) is 3.49. The standard InChI is InChI=1S/C17H24N2O/c1-11-7-9-14(12(11)2)19-17(20)16-10-8-13-5-3-4-6-15(13)18-16/h3-6,11-12,14,16,18H,7-10H2,1-2H3,(H,19,20). The van der Waals surface area contributed by atoms with Crippen LogP contribution in [0.4, 0.5) is 5.69 Å². The van der Waals surface area contributed by atoms with Crippen LogP contribution in [0.25, 0.3) is 0 Å². The van der Waals surface area contributed by atoms with Crippen LogP contribution in [0.2, 0.25) is 0 Å². The third kappa shape index (κ3) is 2.54. The van der Waals surface area contributed by atoms with Gasteiger partial charge in [-0.15, -0.1) is 0 Å². The molecule has 1 saturated carbocycles. The molecule has 1 fully saturated rings. The minimum Gasteiger partial charge on any atom is -0.373 e. The Balaban J connectivity index is 1.62. The van der Waals surface area contributed by atoms with Gasteiger partial charge < -0.3 is 10.6 Å². The minimum atomic E-state index is -0.0759. The molecule has 2 aliphatic rings. The lowest BCUT2D eigenvalue weighted by molar-refractivity contribution is -0.123. The van der Waals surface area contributed by atoms with Crippen LogP contribution < -0.4 is 10.6 Å². The number of hydrogen-bond donors (Lipinski definition) is 2. The highest BCUT2D eigenvalue weighted by molar-refractivity contribution is 5.85. The second-order valence-electron chi connectivity index (χ2n) is 6.42. The van der Waals surface area contributed by atoms with E-state index in [4.69, 9.17) is 0 Å². The van der Waals surface area contributed by atoms with Gasteiger partial charge in [0.25, 0.3) is 0 Å². The van der Waals surface area contributed by atoms with Gasteiger partial charge >= 0.3 is 0 Å². The topological polar surface area (TPSA) is 41.1 Å². The molecule has 0 saturated heterocycles. The third-order valence-electron chi connectivity index (χ3n) is 5.16. The molecule has 0 radical (unpaired) electrons. The zero-order valence-corrected chi connectivity index (χ0v) is 12.4. The van der Waals surface area contributed by atoms with Crippen molar-refractivity contribution in [2.45, 2.75) is 51.6 Å². The van der Waals surface area contributed by atoms with Gasteiger partial charge in [0.1, 0.15) is 6.04 Å². The SMILES string of the molecule is CC1CCC(NC(=O)C2CCc3ccccc3N2)C1C. The highest BCUT2D eigenvalue weighted by Gasteiger charge is 2.33. The molecule has 20 heavy (non-hydrogen) atoms. The van der Waals surface area contributed by atoms with Crippen LogP contribution in [-0.4, -0.2) is 18.0 Å². The monoisotopic (exact) mass is 272 g/mol. The molecule has 3 heteroatoms. The molecule has 1 amide bonds. The molecule has 2 N–H and O–H groups in total. The van der Waals surface area contributed by atoms with Gasteiger partial charge in [-0.2, -0.15) is 0 Å². The van der Waals surface area contributed by atoms with Gasteiger partial charge in [-0.3, -0.25) is 4.79 Å². The van der Waals surface area contributed by atoms with Crippen molar-refractivity contribution in [1.82, 2.24) is 5.32 Å². The minimum absolute atomic E-state index is 0.0759. The van der Waals surface area contributed by atoms with Crippen LogP contribution in [0.1, 0.15) is 38.7 Å². The molecule has 0 spiro atoms. The van der Waals surface area contributed by atoms with Crippen molar-refractivity contribution in [1.29, 1.82) is 0 Å².